The minimum atomic E-state index is -0.693. The lowest BCUT2D eigenvalue weighted by molar-refractivity contribution is -0.128. The van der Waals surface area contributed by atoms with E-state index in [-0.39, 0.29) is 70.4 Å². The zero-order chi connectivity index (χ0) is 27.3. The Balaban J connectivity index is 1.67. The number of phenolic OH excluding ortho intramolecular Hbond substituents is 1. The minimum absolute atomic E-state index is 0.00591. The molecule has 2 saturated heterocycles. The number of carbonyl (C=O) groups excluding carboxylic acids is 2. The van der Waals surface area contributed by atoms with Crippen LogP contribution in [0, 0.1) is 5.82 Å². The van der Waals surface area contributed by atoms with Crippen LogP contribution in [0.1, 0.15) is 24.2 Å². The topological polar surface area (TPSA) is 89.5 Å². The summed E-state index contributed by atoms with van der Waals surface area (Å²) in [7, 11) is 2.05. The predicted octanol–water partition coefficient (Wildman–Crippen LogP) is 3.01. The summed E-state index contributed by atoms with van der Waals surface area (Å²) in [6.45, 7) is 9.93. The second-order valence-corrected chi connectivity index (χ2v) is 10.5. The number of ether oxygens (including phenoxy) is 1. The molecule has 9 nitrogen and oxygen atoms in total. The number of anilines is 1. The van der Waals surface area contributed by atoms with Crippen LogP contribution in [-0.4, -0.2) is 101 Å². The highest BCUT2D eigenvalue weighted by atomic mass is 35.5. The third-order valence-electron chi connectivity index (χ3n) is 7.83. The highest BCUT2D eigenvalue weighted by molar-refractivity contribution is 6.35. The summed E-state index contributed by atoms with van der Waals surface area (Å²) in [6.07, 6.45) is 1.26. The lowest BCUT2D eigenvalue weighted by Gasteiger charge is -2.44. The molecule has 1 aromatic carbocycles. The van der Waals surface area contributed by atoms with Gasteiger partial charge in [-0.05, 0) is 39.1 Å². The molecule has 1 aromatic heterocycles. The van der Waals surface area contributed by atoms with Crippen molar-refractivity contribution in [3.63, 3.8) is 0 Å². The van der Waals surface area contributed by atoms with Gasteiger partial charge in [-0.1, -0.05) is 24.2 Å². The number of nitrogens with zero attached hydrogens (tertiary/aromatic N) is 5. The van der Waals surface area contributed by atoms with Gasteiger partial charge in [-0.2, -0.15) is 0 Å². The molecule has 5 rings (SSSR count). The molecule has 2 fully saturated rings. The summed E-state index contributed by atoms with van der Waals surface area (Å²) >= 11 is 6.79. The Hall–Kier alpha value is -3.37. The first-order valence-corrected chi connectivity index (χ1v) is 13.0. The second-order valence-electron chi connectivity index (χ2n) is 10.2. The maximum absolute atomic E-state index is 15.0. The molecule has 202 valence electrons. The van der Waals surface area contributed by atoms with Gasteiger partial charge >= 0.3 is 0 Å². The molecule has 3 atom stereocenters. The number of amides is 2. The molecule has 38 heavy (non-hydrogen) atoms. The highest BCUT2D eigenvalue weighted by Crippen LogP contribution is 2.46. The van der Waals surface area contributed by atoms with E-state index < -0.39 is 11.9 Å². The molecule has 0 spiro atoms. The summed E-state index contributed by atoms with van der Waals surface area (Å²) in [6, 6.07) is 3.87. The number of hydrogen-bond acceptors (Lipinski definition) is 7. The maximum Gasteiger partial charge on any atom is 0.261 e. The third kappa shape index (κ3) is 4.35. The standard InChI is InChI=1S/C27H31ClFN5O4/c1-5-20(36)32-9-10-34-17(13-32)14-38-25-22(27(34)37)26(33-11-15(2)31(4)16(3)12-33)30-24(23(25)28)21-18(29)7-6-8-19(21)35/h5-8,15-17,35H,1,9-14H2,2-4H3/t15-,16+,17?. The number of benzene rings is 1. The van der Waals surface area contributed by atoms with Crippen molar-refractivity contribution in [1.29, 1.82) is 0 Å². The summed E-state index contributed by atoms with van der Waals surface area (Å²) in [5.41, 5.74) is 0.0634. The first kappa shape index (κ1) is 26.2. The van der Waals surface area contributed by atoms with Gasteiger partial charge in [0.05, 0.1) is 11.6 Å². The molecule has 1 unspecified atom stereocenters. The fourth-order valence-electron chi connectivity index (χ4n) is 5.49. The van der Waals surface area contributed by atoms with Crippen LogP contribution < -0.4 is 9.64 Å². The SMILES string of the molecule is C=CC(=O)N1CCN2C(=O)c3c(N4C[C@@H](C)N(C)[C@@H](C)C4)nc(-c4c(O)cccc4F)c(Cl)c3OCC2C1. The van der Waals surface area contributed by atoms with Crippen LogP contribution >= 0.6 is 11.6 Å². The number of halogens is 2. The minimum Gasteiger partial charge on any atom is -0.507 e. The van der Waals surface area contributed by atoms with Gasteiger partial charge < -0.3 is 24.5 Å². The first-order chi connectivity index (χ1) is 18.1. The van der Waals surface area contributed by atoms with Gasteiger partial charge in [-0.15, -0.1) is 0 Å². The number of rotatable bonds is 3. The van der Waals surface area contributed by atoms with Gasteiger partial charge in [-0.25, -0.2) is 9.37 Å². The van der Waals surface area contributed by atoms with Gasteiger partial charge in [-0.3, -0.25) is 14.5 Å². The lowest BCUT2D eigenvalue weighted by Crippen LogP contribution is -2.58. The predicted molar refractivity (Wildman–Crippen MR) is 142 cm³/mol. The van der Waals surface area contributed by atoms with Crippen molar-refractivity contribution in [1.82, 2.24) is 19.7 Å². The molecule has 1 N–H and O–H groups in total. The van der Waals surface area contributed by atoms with Crippen molar-refractivity contribution in [3.8, 4) is 22.8 Å². The fraction of sp³-hybridized carbons (Fsp3) is 0.444. The Morgan fingerprint density at radius 1 is 1.21 bits per heavy atom. The highest BCUT2D eigenvalue weighted by Gasteiger charge is 2.41. The van der Waals surface area contributed by atoms with E-state index in [9.17, 15) is 14.7 Å². The normalized spacial score (nSPS) is 23.9. The molecule has 0 aliphatic carbocycles. The van der Waals surface area contributed by atoms with Gasteiger partial charge in [0, 0.05) is 44.8 Å². The molecule has 0 bridgehead atoms. The Bertz CT molecular complexity index is 1270. The number of likely N-dealkylation sites (N-methyl/N-ethyl adjacent to an activating group) is 1. The van der Waals surface area contributed by atoms with Crippen LogP contribution in [0.3, 0.4) is 0 Å². The fourth-order valence-corrected chi connectivity index (χ4v) is 5.78. The van der Waals surface area contributed by atoms with Crippen molar-refractivity contribution in [3.05, 3.63) is 47.3 Å². The lowest BCUT2D eigenvalue weighted by atomic mass is 10.0. The van der Waals surface area contributed by atoms with E-state index in [2.05, 4.69) is 25.3 Å². The molecule has 11 heteroatoms. The number of carbonyl (C=O) groups is 2. The molecule has 0 radical (unpaired) electrons. The Morgan fingerprint density at radius 3 is 2.58 bits per heavy atom. The zero-order valence-electron chi connectivity index (χ0n) is 21.7. The number of aromatic hydroxyl groups is 1. The first-order valence-electron chi connectivity index (χ1n) is 12.7. The Kier molecular flexibility index (Phi) is 6.96. The molecule has 2 aromatic rings. The van der Waals surface area contributed by atoms with E-state index in [1.807, 2.05) is 11.9 Å². The van der Waals surface area contributed by atoms with Crippen LogP contribution in [0.4, 0.5) is 10.2 Å². The molecule has 4 heterocycles. The van der Waals surface area contributed by atoms with Crippen LogP contribution in [0.2, 0.25) is 5.02 Å². The smallest absolute Gasteiger partial charge is 0.261 e. The number of hydrogen-bond donors (Lipinski definition) is 1. The van der Waals surface area contributed by atoms with E-state index in [4.69, 9.17) is 21.3 Å². The van der Waals surface area contributed by atoms with Gasteiger partial charge in [0.15, 0.2) is 5.75 Å². The zero-order valence-corrected chi connectivity index (χ0v) is 22.4. The Labute approximate surface area is 226 Å². The summed E-state index contributed by atoms with van der Waals surface area (Å²) in [4.78, 5) is 38.7. The summed E-state index contributed by atoms with van der Waals surface area (Å²) < 4.78 is 21.2. The van der Waals surface area contributed by atoms with Gasteiger partial charge in [0.2, 0.25) is 5.91 Å². The van der Waals surface area contributed by atoms with Crippen molar-refractivity contribution in [2.24, 2.45) is 0 Å². The Morgan fingerprint density at radius 2 is 1.92 bits per heavy atom. The van der Waals surface area contributed by atoms with Crippen LogP contribution in [0.25, 0.3) is 11.3 Å². The van der Waals surface area contributed by atoms with Crippen LogP contribution in [0.15, 0.2) is 30.9 Å². The number of aromatic nitrogens is 1. The average Bonchev–Trinajstić information content (AvgIpc) is 3.04. The number of phenols is 1. The van der Waals surface area contributed by atoms with Crippen molar-refractivity contribution in [2.45, 2.75) is 32.0 Å². The average molecular weight is 544 g/mol. The van der Waals surface area contributed by atoms with E-state index in [1.54, 1.807) is 9.80 Å². The molecule has 0 saturated carbocycles. The number of piperazine rings is 2. The van der Waals surface area contributed by atoms with Crippen LogP contribution in [0.5, 0.6) is 11.5 Å². The van der Waals surface area contributed by atoms with Gasteiger partial charge in [0.25, 0.3) is 5.91 Å². The van der Waals surface area contributed by atoms with Crippen molar-refractivity contribution >= 4 is 29.2 Å². The quantitative estimate of drug-likeness (QED) is 0.595. The van der Waals surface area contributed by atoms with Crippen LogP contribution in [-0.2, 0) is 4.79 Å². The largest absolute Gasteiger partial charge is 0.507 e. The van der Waals surface area contributed by atoms with Gasteiger partial charge in [0.1, 0.15) is 40.3 Å². The number of fused-ring (bicyclic) bond motifs is 2. The summed E-state index contributed by atoms with van der Waals surface area (Å²) in [5, 5.41) is 10.5. The molecule has 2 amide bonds. The van der Waals surface area contributed by atoms with E-state index in [0.29, 0.717) is 32.0 Å². The molecule has 3 aliphatic heterocycles. The van der Waals surface area contributed by atoms with E-state index in [1.165, 1.54) is 24.3 Å². The number of pyridine rings is 1. The van der Waals surface area contributed by atoms with Crippen molar-refractivity contribution in [2.75, 3.05) is 51.3 Å². The van der Waals surface area contributed by atoms with E-state index >= 15 is 4.39 Å². The molecular formula is C27H31ClFN5O4. The monoisotopic (exact) mass is 543 g/mol. The maximum atomic E-state index is 15.0. The van der Waals surface area contributed by atoms with Crippen molar-refractivity contribution < 1.29 is 23.8 Å². The third-order valence-corrected chi connectivity index (χ3v) is 8.18. The molecule has 3 aliphatic rings. The molecular weight excluding hydrogens is 513 g/mol. The second kappa shape index (κ2) is 10.1. The van der Waals surface area contributed by atoms with E-state index in [0.717, 1.165) is 0 Å². The summed E-state index contributed by atoms with van der Waals surface area (Å²) in [5.74, 6) is -1.08.